The van der Waals surface area contributed by atoms with E-state index in [9.17, 15) is 24.9 Å². The number of nitrogens with one attached hydrogen (secondary N) is 2. The number of aliphatic hydroxyl groups excluding tert-OH is 2. The highest BCUT2D eigenvalue weighted by Gasteiger charge is 2.50. The van der Waals surface area contributed by atoms with Gasteiger partial charge in [0.15, 0.2) is 16.9 Å². The lowest BCUT2D eigenvalue weighted by Gasteiger charge is -2.27. The van der Waals surface area contributed by atoms with Gasteiger partial charge in [0, 0.05) is 5.92 Å². The summed E-state index contributed by atoms with van der Waals surface area (Å²) >= 11 is 0. The van der Waals surface area contributed by atoms with Crippen molar-refractivity contribution in [2.75, 3.05) is 18.5 Å². The van der Waals surface area contributed by atoms with Gasteiger partial charge < -0.3 is 20.1 Å². The zero-order valence-electron chi connectivity index (χ0n) is 13.6. The molecule has 1 fully saturated rings. The number of anilines is 1. The third-order valence-electron chi connectivity index (χ3n) is 4.11. The third kappa shape index (κ3) is 2.80. The minimum atomic E-state index is -1.96. The Morgan fingerprint density at radius 3 is 2.92 bits per heavy atom. The van der Waals surface area contributed by atoms with Crippen molar-refractivity contribution in [2.45, 2.75) is 31.8 Å². The summed E-state index contributed by atoms with van der Waals surface area (Å²) in [5, 5.41) is 32.6. The molecule has 5 N–H and O–H groups in total. The molecule has 0 aliphatic carbocycles. The zero-order chi connectivity index (χ0) is 18.4. The van der Waals surface area contributed by atoms with Gasteiger partial charge in [0.1, 0.15) is 12.2 Å². The lowest BCUT2D eigenvalue weighted by atomic mass is 10.1. The largest absolute Gasteiger partial charge is 0.394 e. The maximum Gasteiger partial charge on any atom is 0.280 e. The molecular weight excluding hydrogens is 334 g/mol. The van der Waals surface area contributed by atoms with Gasteiger partial charge in [-0.15, -0.1) is 0 Å². The van der Waals surface area contributed by atoms with Gasteiger partial charge in [0.2, 0.25) is 11.9 Å². The van der Waals surface area contributed by atoms with E-state index in [-0.39, 0.29) is 35.5 Å². The Morgan fingerprint density at radius 2 is 2.32 bits per heavy atom. The lowest BCUT2D eigenvalue weighted by molar-refractivity contribution is -0.118. The number of aromatic nitrogens is 4. The number of ether oxygens (including phenoxy) is 1. The highest BCUT2D eigenvalue weighted by Crippen LogP contribution is 2.31. The van der Waals surface area contributed by atoms with Gasteiger partial charge >= 0.3 is 0 Å². The first-order chi connectivity index (χ1) is 11.8. The second-order valence-corrected chi connectivity index (χ2v) is 6.20. The van der Waals surface area contributed by atoms with E-state index in [1.165, 1.54) is 0 Å². The fourth-order valence-electron chi connectivity index (χ4n) is 2.58. The van der Waals surface area contributed by atoms with Crippen LogP contribution in [0.4, 0.5) is 5.95 Å². The molecule has 25 heavy (non-hydrogen) atoms. The summed E-state index contributed by atoms with van der Waals surface area (Å²) in [6.45, 7) is 2.55. The Morgan fingerprint density at radius 1 is 1.60 bits per heavy atom. The summed E-state index contributed by atoms with van der Waals surface area (Å²) in [6, 6.07) is 0. The molecule has 1 saturated heterocycles. The molecular formula is C14H19N5O6. The quantitative estimate of drug-likeness (QED) is 0.426. The normalized spacial score (nSPS) is 26.5. The number of hydrogen-bond acceptors (Lipinski definition) is 8. The number of imidazole rings is 1. The Hall–Kier alpha value is -2.34. The van der Waals surface area contributed by atoms with E-state index >= 15 is 0 Å². The Bertz CT molecular complexity index is 861. The smallest absolute Gasteiger partial charge is 0.280 e. The maximum absolute atomic E-state index is 12.1. The molecule has 0 saturated carbocycles. The number of fused-ring (bicyclic) bond motifs is 1. The molecule has 3 heterocycles. The van der Waals surface area contributed by atoms with Crippen LogP contribution in [0.1, 0.15) is 13.8 Å². The van der Waals surface area contributed by atoms with E-state index in [0.29, 0.717) is 0 Å². The topological polar surface area (TPSA) is 163 Å². The number of amides is 1. The van der Waals surface area contributed by atoms with Gasteiger partial charge in [0.25, 0.3) is 5.56 Å². The number of carbonyl (C=O) groups excluding carboxylic acids is 1. The van der Waals surface area contributed by atoms with Crippen LogP contribution in [0.2, 0.25) is 0 Å². The van der Waals surface area contributed by atoms with Crippen LogP contribution in [0, 0.1) is 5.92 Å². The first-order valence-corrected chi connectivity index (χ1v) is 7.69. The van der Waals surface area contributed by atoms with E-state index in [4.69, 9.17) is 4.74 Å². The molecule has 3 rings (SSSR count). The monoisotopic (exact) mass is 353 g/mol. The van der Waals surface area contributed by atoms with Crippen LogP contribution in [0.15, 0.2) is 11.1 Å². The molecule has 0 spiro atoms. The van der Waals surface area contributed by atoms with Crippen LogP contribution in [-0.2, 0) is 15.3 Å². The van der Waals surface area contributed by atoms with E-state index in [0.717, 1.165) is 10.9 Å². The molecule has 0 bridgehead atoms. The SMILES string of the molecule is CC(C)C(=O)Nc1nc2c(ncn2[C@@]2(O)CO[C@H](CO)[C@H]2O)c(=O)[nH]1. The predicted octanol–water partition coefficient (Wildman–Crippen LogP) is -1.89. The van der Waals surface area contributed by atoms with Crippen molar-refractivity contribution in [3.63, 3.8) is 0 Å². The predicted molar refractivity (Wildman–Crippen MR) is 84.6 cm³/mol. The fraction of sp³-hybridized carbons (Fsp3) is 0.571. The summed E-state index contributed by atoms with van der Waals surface area (Å²) in [4.78, 5) is 34.4. The molecule has 11 nitrogen and oxygen atoms in total. The van der Waals surface area contributed by atoms with Crippen molar-refractivity contribution in [2.24, 2.45) is 5.92 Å². The number of hydrogen-bond donors (Lipinski definition) is 5. The van der Waals surface area contributed by atoms with Crippen molar-refractivity contribution >= 4 is 23.0 Å². The number of H-pyrrole nitrogens is 1. The van der Waals surface area contributed by atoms with Crippen molar-refractivity contribution in [3.05, 3.63) is 16.7 Å². The van der Waals surface area contributed by atoms with Crippen LogP contribution in [0.25, 0.3) is 11.2 Å². The molecule has 1 amide bonds. The van der Waals surface area contributed by atoms with E-state index < -0.39 is 30.1 Å². The Balaban J connectivity index is 2.07. The van der Waals surface area contributed by atoms with Crippen molar-refractivity contribution in [1.82, 2.24) is 19.5 Å². The van der Waals surface area contributed by atoms with Gasteiger partial charge in [-0.05, 0) is 0 Å². The molecule has 1 aliphatic heterocycles. The number of carbonyl (C=O) groups is 1. The first kappa shape index (κ1) is 17.5. The highest BCUT2D eigenvalue weighted by atomic mass is 16.5. The molecule has 0 radical (unpaired) electrons. The van der Waals surface area contributed by atoms with E-state index in [1.807, 2.05) is 0 Å². The minimum Gasteiger partial charge on any atom is -0.394 e. The molecule has 11 heteroatoms. The average molecular weight is 353 g/mol. The van der Waals surface area contributed by atoms with Gasteiger partial charge in [-0.25, -0.2) is 4.98 Å². The number of rotatable bonds is 4. The van der Waals surface area contributed by atoms with Crippen molar-refractivity contribution < 1.29 is 24.9 Å². The molecule has 1 aliphatic rings. The molecule has 0 aromatic carbocycles. The minimum absolute atomic E-state index is 0.0356. The molecule has 2 aromatic heterocycles. The van der Waals surface area contributed by atoms with Crippen molar-refractivity contribution in [3.8, 4) is 0 Å². The summed E-state index contributed by atoms with van der Waals surface area (Å²) in [5.41, 5.74) is -2.68. The van der Waals surface area contributed by atoms with Gasteiger partial charge in [-0.1, -0.05) is 13.8 Å². The van der Waals surface area contributed by atoms with Crippen LogP contribution < -0.4 is 10.9 Å². The molecule has 2 aromatic rings. The molecule has 3 atom stereocenters. The Labute approximate surface area is 141 Å². The standard InChI is InChI=1S/C14H19N5O6/c1-6(2)11(22)17-13-16-10-8(12(23)18-13)15-5-19(10)14(24)4-25-7(3-20)9(14)21/h5-7,9,20-21,24H,3-4H2,1-2H3,(H2,16,17,18,22,23)/t7-,9-,14-/m1/s1. The van der Waals surface area contributed by atoms with Crippen LogP contribution >= 0.6 is 0 Å². The maximum atomic E-state index is 12.1. The summed E-state index contributed by atoms with van der Waals surface area (Å²) in [7, 11) is 0. The highest BCUT2D eigenvalue weighted by molar-refractivity contribution is 5.91. The van der Waals surface area contributed by atoms with E-state index in [1.54, 1.807) is 13.8 Å². The molecule has 0 unspecified atom stereocenters. The molecule has 136 valence electrons. The van der Waals surface area contributed by atoms with Crippen LogP contribution in [0.5, 0.6) is 0 Å². The third-order valence-corrected chi connectivity index (χ3v) is 4.11. The lowest BCUT2D eigenvalue weighted by Crippen LogP contribution is -2.47. The van der Waals surface area contributed by atoms with Gasteiger partial charge in [-0.3, -0.25) is 24.5 Å². The van der Waals surface area contributed by atoms with E-state index in [2.05, 4.69) is 20.3 Å². The first-order valence-electron chi connectivity index (χ1n) is 7.69. The average Bonchev–Trinajstić information content (AvgIpc) is 3.11. The van der Waals surface area contributed by atoms with Crippen LogP contribution in [0.3, 0.4) is 0 Å². The fourth-order valence-corrected chi connectivity index (χ4v) is 2.58. The van der Waals surface area contributed by atoms with Crippen LogP contribution in [-0.4, -0.2) is 66.2 Å². The van der Waals surface area contributed by atoms with Gasteiger partial charge in [0.05, 0.1) is 19.5 Å². The summed E-state index contributed by atoms with van der Waals surface area (Å²) in [6.07, 6.45) is -1.29. The number of aliphatic hydroxyl groups is 3. The summed E-state index contributed by atoms with van der Waals surface area (Å²) in [5.74, 6) is -0.782. The van der Waals surface area contributed by atoms with Gasteiger partial charge in [-0.2, -0.15) is 4.98 Å². The van der Waals surface area contributed by atoms with Crippen molar-refractivity contribution in [1.29, 1.82) is 0 Å². The Kier molecular flexibility index (Phi) is 4.33. The number of nitrogens with zero attached hydrogens (tertiary/aromatic N) is 3. The second kappa shape index (κ2) is 6.19. The summed E-state index contributed by atoms with van der Waals surface area (Å²) < 4.78 is 6.28. The zero-order valence-corrected chi connectivity index (χ0v) is 13.6. The number of aromatic amines is 1. The second-order valence-electron chi connectivity index (χ2n) is 6.20.